The molecule has 0 atom stereocenters. The molecular weight excluding hydrogens is 440 g/mol. The highest BCUT2D eigenvalue weighted by Crippen LogP contribution is 2.07. The van der Waals surface area contributed by atoms with E-state index < -0.39 is 36.9 Å². The number of carbonyl (C=O) groups excluding carboxylic acids is 2. The van der Waals surface area contributed by atoms with Crippen LogP contribution < -0.4 is 10.4 Å². The van der Waals surface area contributed by atoms with Crippen LogP contribution in [0.15, 0.2) is 83.6 Å². The first-order valence-corrected chi connectivity index (χ1v) is 13.0. The number of carbonyl (C=O) groups is 2. The van der Waals surface area contributed by atoms with Gasteiger partial charge in [-0.25, -0.2) is 29.1 Å². The maximum absolute atomic E-state index is 12.1. The van der Waals surface area contributed by atoms with Gasteiger partial charge in [0.25, 0.3) is 0 Å². The summed E-state index contributed by atoms with van der Waals surface area (Å²) >= 11 is 0. The van der Waals surface area contributed by atoms with Gasteiger partial charge in [-0.2, -0.15) is 0 Å². The Kier molecular flexibility index (Phi) is 9.71. The van der Waals surface area contributed by atoms with E-state index >= 15 is 0 Å². The first-order valence-electron chi connectivity index (χ1n) is 10.2. The third kappa shape index (κ3) is 8.05. The van der Waals surface area contributed by atoms with Crippen LogP contribution in [0.1, 0.15) is 48.4 Å². The van der Waals surface area contributed by atoms with Gasteiger partial charge in [-0.05, 0) is 58.5 Å². The van der Waals surface area contributed by atoms with E-state index in [0.717, 1.165) is 0 Å². The van der Waals surface area contributed by atoms with Crippen molar-refractivity contribution in [2.45, 2.75) is 27.7 Å². The number of rotatable bonds is 10. The SMILES string of the molecule is C=C(OOC(=O)c1ccc([SiH2]C(C)=CC)cc1)OOC(=O)c1ccc([SiH2]C(C)=CC)cc1. The second-order valence-corrected chi connectivity index (χ2v) is 11.9. The highest BCUT2D eigenvalue weighted by Gasteiger charge is 2.14. The lowest BCUT2D eigenvalue weighted by atomic mass is 10.2. The van der Waals surface area contributed by atoms with Gasteiger partial charge in [-0.1, -0.05) is 57.2 Å². The molecule has 0 saturated carbocycles. The van der Waals surface area contributed by atoms with E-state index in [2.05, 4.69) is 52.1 Å². The van der Waals surface area contributed by atoms with Gasteiger partial charge in [0, 0.05) is 0 Å². The van der Waals surface area contributed by atoms with Crippen LogP contribution in [0.2, 0.25) is 0 Å². The van der Waals surface area contributed by atoms with Crippen molar-refractivity contribution < 1.29 is 29.1 Å². The number of benzene rings is 2. The van der Waals surface area contributed by atoms with Gasteiger partial charge >= 0.3 is 17.9 Å². The molecular formula is C24H28O6Si2. The molecule has 6 nitrogen and oxygen atoms in total. The van der Waals surface area contributed by atoms with Crippen LogP contribution in [0.3, 0.4) is 0 Å². The Morgan fingerprint density at radius 1 is 0.688 bits per heavy atom. The first kappa shape index (κ1) is 24.9. The van der Waals surface area contributed by atoms with Crippen LogP contribution in [0.4, 0.5) is 0 Å². The molecule has 0 aliphatic heterocycles. The van der Waals surface area contributed by atoms with Gasteiger partial charge in [-0.15, -0.1) is 0 Å². The molecule has 0 radical (unpaired) electrons. The first-order chi connectivity index (χ1) is 15.3. The van der Waals surface area contributed by atoms with E-state index in [-0.39, 0.29) is 0 Å². The zero-order valence-electron chi connectivity index (χ0n) is 18.8. The minimum Gasteiger partial charge on any atom is -0.243 e. The van der Waals surface area contributed by atoms with Gasteiger partial charge in [0.2, 0.25) is 0 Å². The average Bonchev–Trinajstić information content (AvgIpc) is 2.81. The van der Waals surface area contributed by atoms with Crippen LogP contribution in [0, 0.1) is 0 Å². The summed E-state index contributed by atoms with van der Waals surface area (Å²) in [6.45, 7) is 11.6. The van der Waals surface area contributed by atoms with E-state index in [1.165, 1.54) is 20.8 Å². The van der Waals surface area contributed by atoms with E-state index in [0.29, 0.717) is 11.1 Å². The normalized spacial score (nSPS) is 12.2. The molecule has 0 aliphatic carbocycles. The minimum absolute atomic E-state index is 0.322. The van der Waals surface area contributed by atoms with Gasteiger partial charge in [-0.3, -0.25) is 0 Å². The fourth-order valence-electron chi connectivity index (χ4n) is 2.64. The summed E-state index contributed by atoms with van der Waals surface area (Å²) in [7, 11) is -1.01. The molecule has 8 heteroatoms. The molecule has 0 N–H and O–H groups in total. The van der Waals surface area contributed by atoms with E-state index in [1.54, 1.807) is 24.3 Å². The lowest BCUT2D eigenvalue weighted by Gasteiger charge is -2.08. The summed E-state index contributed by atoms with van der Waals surface area (Å²) in [6.07, 6.45) is 4.20. The maximum Gasteiger partial charge on any atom is 0.386 e. The van der Waals surface area contributed by atoms with Crippen molar-refractivity contribution in [1.82, 2.24) is 0 Å². The number of hydrogen-bond donors (Lipinski definition) is 0. The third-order valence-electron chi connectivity index (χ3n) is 4.75. The molecule has 0 saturated heterocycles. The fraction of sp³-hybridized carbons (Fsp3) is 0.167. The highest BCUT2D eigenvalue weighted by molar-refractivity contribution is 6.61. The second-order valence-electron chi connectivity index (χ2n) is 7.30. The zero-order chi connectivity index (χ0) is 23.5. The lowest BCUT2D eigenvalue weighted by molar-refractivity contribution is -0.317. The van der Waals surface area contributed by atoms with Crippen LogP contribution in [-0.4, -0.2) is 31.0 Å². The molecule has 0 heterocycles. The van der Waals surface area contributed by atoms with E-state index in [4.69, 9.17) is 0 Å². The topological polar surface area (TPSA) is 71.1 Å². The van der Waals surface area contributed by atoms with Crippen molar-refractivity contribution in [2.24, 2.45) is 0 Å². The summed E-state index contributed by atoms with van der Waals surface area (Å²) in [5, 5.41) is 5.16. The molecule has 0 unspecified atom stereocenters. The number of hydrogen-bond acceptors (Lipinski definition) is 6. The predicted molar refractivity (Wildman–Crippen MR) is 130 cm³/mol. The van der Waals surface area contributed by atoms with Crippen LogP contribution in [0.5, 0.6) is 0 Å². The Balaban J connectivity index is 1.78. The maximum atomic E-state index is 12.1. The summed E-state index contributed by atoms with van der Waals surface area (Å²) in [4.78, 5) is 42.9. The lowest BCUT2D eigenvalue weighted by Crippen LogP contribution is -2.16. The van der Waals surface area contributed by atoms with Crippen molar-refractivity contribution in [3.63, 3.8) is 0 Å². The monoisotopic (exact) mass is 468 g/mol. The quantitative estimate of drug-likeness (QED) is 0.231. The van der Waals surface area contributed by atoms with Crippen LogP contribution >= 0.6 is 0 Å². The predicted octanol–water partition coefficient (Wildman–Crippen LogP) is 2.47. The smallest absolute Gasteiger partial charge is 0.243 e. The molecule has 168 valence electrons. The molecule has 0 bridgehead atoms. The molecule has 2 aromatic rings. The standard InChI is InChI=1S/C24H28O6Si2/c1-6-16(3)31-21-12-8-19(9-13-21)23(25)29-27-18(5)28-30-24(26)20-10-14-22(15-11-20)32-17(4)7-2/h6-15H,5,31-32H2,1-4H3. The summed E-state index contributed by atoms with van der Waals surface area (Å²) in [5.74, 6) is -1.91. The zero-order valence-corrected chi connectivity index (χ0v) is 21.7. The van der Waals surface area contributed by atoms with Crippen molar-refractivity contribution in [3.8, 4) is 0 Å². The van der Waals surface area contributed by atoms with Crippen molar-refractivity contribution in [3.05, 3.63) is 94.7 Å². The van der Waals surface area contributed by atoms with Crippen LogP contribution in [0.25, 0.3) is 0 Å². The molecule has 0 spiro atoms. The van der Waals surface area contributed by atoms with Gasteiger partial charge in [0.05, 0.1) is 30.2 Å². The summed E-state index contributed by atoms with van der Waals surface area (Å²) in [5.41, 5.74) is 0.643. The molecule has 2 rings (SSSR count). The molecule has 0 fully saturated rings. The van der Waals surface area contributed by atoms with Gasteiger partial charge in [0.15, 0.2) is 0 Å². The Bertz CT molecular complexity index is 926. The Hall–Kier alpha value is -3.37. The number of allylic oxidation sites excluding steroid dienone is 4. The van der Waals surface area contributed by atoms with Gasteiger partial charge < -0.3 is 0 Å². The molecule has 0 amide bonds. The summed E-state index contributed by atoms with van der Waals surface area (Å²) in [6, 6.07) is 14.3. The van der Waals surface area contributed by atoms with E-state index in [9.17, 15) is 9.59 Å². The molecule has 0 aliphatic rings. The fourth-order valence-corrected chi connectivity index (χ4v) is 5.28. The van der Waals surface area contributed by atoms with Gasteiger partial charge in [0.1, 0.15) is 0 Å². The van der Waals surface area contributed by atoms with Crippen molar-refractivity contribution in [2.75, 3.05) is 0 Å². The molecule has 0 aromatic heterocycles. The Labute approximate surface area is 193 Å². The van der Waals surface area contributed by atoms with E-state index in [1.807, 2.05) is 38.1 Å². The Morgan fingerprint density at radius 3 is 1.34 bits per heavy atom. The van der Waals surface area contributed by atoms with Crippen molar-refractivity contribution >= 4 is 41.4 Å². The van der Waals surface area contributed by atoms with Crippen molar-refractivity contribution in [1.29, 1.82) is 0 Å². The Morgan fingerprint density at radius 2 is 1.03 bits per heavy atom. The molecule has 2 aromatic carbocycles. The highest BCUT2D eigenvalue weighted by atomic mass is 28.2. The summed E-state index contributed by atoms with van der Waals surface area (Å²) < 4.78 is 0. The van der Waals surface area contributed by atoms with Crippen LogP contribution in [-0.2, 0) is 19.6 Å². The average molecular weight is 469 g/mol. The second kappa shape index (κ2) is 12.5. The molecule has 32 heavy (non-hydrogen) atoms. The minimum atomic E-state index is -0.715. The largest absolute Gasteiger partial charge is 0.386 e. The third-order valence-corrected chi connectivity index (χ3v) is 8.44.